The van der Waals surface area contributed by atoms with Crippen molar-refractivity contribution in [1.29, 1.82) is 0 Å². The minimum atomic E-state index is 0.815. The lowest BCUT2D eigenvalue weighted by Gasteiger charge is -2.31. The Labute approximate surface area is 111 Å². The number of benzene rings is 1. The molecular weight excluding hydrogens is 220 g/mol. The summed E-state index contributed by atoms with van der Waals surface area (Å²) in [5, 5.41) is 0. The van der Waals surface area contributed by atoms with Gasteiger partial charge in [-0.1, -0.05) is 57.2 Å². The Bertz CT molecular complexity index is 381. The summed E-state index contributed by atoms with van der Waals surface area (Å²) in [6.45, 7) is 2.29. The van der Waals surface area contributed by atoms with Gasteiger partial charge in [0, 0.05) is 5.56 Å². The third-order valence-corrected chi connectivity index (χ3v) is 4.31. The molecule has 1 aromatic carbocycles. The fourth-order valence-corrected chi connectivity index (χ4v) is 3.40. The van der Waals surface area contributed by atoms with Crippen molar-refractivity contribution in [2.45, 2.75) is 51.9 Å². The second kappa shape index (κ2) is 6.72. The van der Waals surface area contributed by atoms with E-state index in [-0.39, 0.29) is 0 Å². The third-order valence-electron chi connectivity index (χ3n) is 4.31. The molecule has 1 saturated carbocycles. The molecule has 98 valence electrons. The molecule has 0 N–H and O–H groups in total. The van der Waals surface area contributed by atoms with Gasteiger partial charge in [0.2, 0.25) is 0 Å². The van der Waals surface area contributed by atoms with Crippen LogP contribution in [0.3, 0.4) is 0 Å². The lowest BCUT2D eigenvalue weighted by molar-refractivity contribution is 0.112. The molecule has 1 aliphatic rings. The summed E-state index contributed by atoms with van der Waals surface area (Å²) in [7, 11) is 0. The van der Waals surface area contributed by atoms with Crippen LogP contribution >= 0.6 is 0 Å². The van der Waals surface area contributed by atoms with Crippen molar-refractivity contribution < 1.29 is 4.79 Å². The molecule has 1 fully saturated rings. The molecule has 0 heterocycles. The zero-order valence-corrected chi connectivity index (χ0v) is 11.4. The third kappa shape index (κ3) is 3.44. The Morgan fingerprint density at radius 2 is 2.00 bits per heavy atom. The van der Waals surface area contributed by atoms with Gasteiger partial charge in [0.1, 0.15) is 6.29 Å². The van der Waals surface area contributed by atoms with Gasteiger partial charge in [-0.3, -0.25) is 4.79 Å². The molecule has 2 atom stereocenters. The molecule has 0 radical (unpaired) electrons. The number of carbonyl (C=O) groups is 1. The maximum atomic E-state index is 10.8. The maximum Gasteiger partial charge on any atom is 0.150 e. The fraction of sp³-hybridized carbons (Fsp3) is 0.588. The van der Waals surface area contributed by atoms with Gasteiger partial charge in [0.05, 0.1) is 0 Å². The van der Waals surface area contributed by atoms with Crippen molar-refractivity contribution >= 4 is 6.29 Å². The Morgan fingerprint density at radius 3 is 2.72 bits per heavy atom. The number of hydrogen-bond acceptors (Lipinski definition) is 1. The maximum absolute atomic E-state index is 10.8. The van der Waals surface area contributed by atoms with Crippen LogP contribution in [0.25, 0.3) is 0 Å². The van der Waals surface area contributed by atoms with E-state index in [4.69, 9.17) is 0 Å². The molecule has 2 rings (SSSR count). The molecule has 0 saturated heterocycles. The highest BCUT2D eigenvalue weighted by atomic mass is 16.1. The second-order valence-electron chi connectivity index (χ2n) is 5.66. The van der Waals surface area contributed by atoms with Crippen molar-refractivity contribution in [2.24, 2.45) is 11.8 Å². The Hall–Kier alpha value is -1.11. The molecule has 2 unspecified atom stereocenters. The van der Waals surface area contributed by atoms with Crippen LogP contribution in [0.15, 0.2) is 24.3 Å². The molecular formula is C17H24O. The van der Waals surface area contributed by atoms with Crippen molar-refractivity contribution in [2.75, 3.05) is 0 Å². The quantitative estimate of drug-likeness (QED) is 0.689. The van der Waals surface area contributed by atoms with E-state index in [1.165, 1.54) is 44.1 Å². The predicted molar refractivity (Wildman–Crippen MR) is 75.9 cm³/mol. The molecule has 1 aliphatic carbocycles. The summed E-state index contributed by atoms with van der Waals surface area (Å²) >= 11 is 0. The Balaban J connectivity index is 2.03. The Morgan fingerprint density at radius 1 is 1.22 bits per heavy atom. The lowest BCUT2D eigenvalue weighted by Crippen LogP contribution is -2.21. The van der Waals surface area contributed by atoms with E-state index in [1.54, 1.807) is 0 Å². The lowest BCUT2D eigenvalue weighted by atomic mass is 9.74. The summed E-state index contributed by atoms with van der Waals surface area (Å²) in [6, 6.07) is 8.13. The van der Waals surface area contributed by atoms with Crippen LogP contribution in [0.1, 0.15) is 61.4 Å². The fourth-order valence-electron chi connectivity index (χ4n) is 3.40. The SMILES string of the molecule is CCCC1CCCCC1Cc1cccc(C=O)c1. The molecule has 0 amide bonds. The van der Waals surface area contributed by atoms with Gasteiger partial charge >= 0.3 is 0 Å². The normalized spacial score (nSPS) is 23.8. The highest BCUT2D eigenvalue weighted by Gasteiger charge is 2.24. The molecule has 0 bridgehead atoms. The van der Waals surface area contributed by atoms with Gasteiger partial charge in [-0.25, -0.2) is 0 Å². The van der Waals surface area contributed by atoms with E-state index in [9.17, 15) is 4.79 Å². The zero-order chi connectivity index (χ0) is 12.8. The summed E-state index contributed by atoms with van der Waals surface area (Å²) in [5.74, 6) is 1.74. The van der Waals surface area contributed by atoms with E-state index in [0.717, 1.165) is 30.1 Å². The number of carbonyl (C=O) groups excluding carboxylic acids is 1. The van der Waals surface area contributed by atoms with Crippen LogP contribution in [-0.4, -0.2) is 6.29 Å². The van der Waals surface area contributed by atoms with E-state index in [0.29, 0.717) is 0 Å². The summed E-state index contributed by atoms with van der Waals surface area (Å²) < 4.78 is 0. The van der Waals surface area contributed by atoms with Crippen LogP contribution in [0, 0.1) is 11.8 Å². The van der Waals surface area contributed by atoms with Crippen LogP contribution in [0.2, 0.25) is 0 Å². The summed E-state index contributed by atoms with van der Waals surface area (Å²) in [4.78, 5) is 10.8. The largest absolute Gasteiger partial charge is 0.298 e. The minimum absolute atomic E-state index is 0.815. The molecule has 1 heteroatoms. The average Bonchev–Trinajstić information content (AvgIpc) is 2.41. The predicted octanol–water partition coefficient (Wildman–Crippen LogP) is 4.65. The molecule has 0 aliphatic heterocycles. The van der Waals surface area contributed by atoms with Crippen LogP contribution in [-0.2, 0) is 6.42 Å². The Kier molecular flexibility index (Phi) is 4.98. The van der Waals surface area contributed by atoms with Gasteiger partial charge in [-0.05, 0) is 36.3 Å². The first-order chi connectivity index (χ1) is 8.83. The first-order valence-electron chi connectivity index (χ1n) is 7.37. The zero-order valence-electron chi connectivity index (χ0n) is 11.4. The van der Waals surface area contributed by atoms with E-state index >= 15 is 0 Å². The van der Waals surface area contributed by atoms with Gasteiger partial charge < -0.3 is 0 Å². The van der Waals surface area contributed by atoms with E-state index in [2.05, 4.69) is 19.1 Å². The number of hydrogen-bond donors (Lipinski definition) is 0. The molecule has 1 aromatic rings. The molecule has 18 heavy (non-hydrogen) atoms. The first kappa shape index (κ1) is 13.3. The minimum Gasteiger partial charge on any atom is -0.298 e. The highest BCUT2D eigenvalue weighted by molar-refractivity contribution is 5.74. The highest BCUT2D eigenvalue weighted by Crippen LogP contribution is 2.35. The van der Waals surface area contributed by atoms with Crippen molar-refractivity contribution in [3.8, 4) is 0 Å². The average molecular weight is 244 g/mol. The van der Waals surface area contributed by atoms with Crippen molar-refractivity contribution in [3.63, 3.8) is 0 Å². The van der Waals surface area contributed by atoms with E-state index in [1.807, 2.05) is 12.1 Å². The second-order valence-corrected chi connectivity index (χ2v) is 5.66. The number of rotatable bonds is 5. The first-order valence-corrected chi connectivity index (χ1v) is 7.37. The van der Waals surface area contributed by atoms with Crippen LogP contribution in [0.4, 0.5) is 0 Å². The monoisotopic (exact) mass is 244 g/mol. The van der Waals surface area contributed by atoms with Crippen LogP contribution in [0.5, 0.6) is 0 Å². The van der Waals surface area contributed by atoms with Gasteiger partial charge in [-0.2, -0.15) is 0 Å². The molecule has 0 aromatic heterocycles. The van der Waals surface area contributed by atoms with Crippen molar-refractivity contribution in [3.05, 3.63) is 35.4 Å². The van der Waals surface area contributed by atoms with E-state index < -0.39 is 0 Å². The standard InChI is InChI=1S/C17H24O/c1-2-6-16-9-3-4-10-17(16)12-14-7-5-8-15(11-14)13-18/h5,7-8,11,13,16-17H,2-4,6,9-10,12H2,1H3. The number of aldehydes is 1. The summed E-state index contributed by atoms with van der Waals surface area (Å²) in [6.07, 6.45) is 10.4. The molecule has 1 nitrogen and oxygen atoms in total. The summed E-state index contributed by atoms with van der Waals surface area (Å²) in [5.41, 5.74) is 2.16. The molecule has 0 spiro atoms. The van der Waals surface area contributed by atoms with Gasteiger partial charge in [-0.15, -0.1) is 0 Å². The topological polar surface area (TPSA) is 17.1 Å². The van der Waals surface area contributed by atoms with Crippen molar-refractivity contribution in [1.82, 2.24) is 0 Å². The van der Waals surface area contributed by atoms with Gasteiger partial charge in [0.15, 0.2) is 0 Å². The smallest absolute Gasteiger partial charge is 0.150 e. The van der Waals surface area contributed by atoms with Gasteiger partial charge in [0.25, 0.3) is 0 Å². The van der Waals surface area contributed by atoms with Crippen LogP contribution < -0.4 is 0 Å².